The zero-order chi connectivity index (χ0) is 20.3. The van der Waals surface area contributed by atoms with Crippen LogP contribution in [-0.4, -0.2) is 46.9 Å². The molecular formula is C23H31N3O2. The van der Waals surface area contributed by atoms with Crippen molar-refractivity contribution in [1.29, 1.82) is 0 Å². The maximum Gasteiger partial charge on any atom is 0.246 e. The fourth-order valence-electron chi connectivity index (χ4n) is 4.08. The lowest BCUT2D eigenvalue weighted by atomic mass is 9.86. The Hall–Kier alpha value is -2.40. The SMILES string of the molecule is CO[C@H]1CN(C(=O)/C=C/c2c(C)nn(C)c2C)CC[C@@H]1Cc1ccccc1C. The first-order valence-corrected chi connectivity index (χ1v) is 9.95. The van der Waals surface area contributed by atoms with Gasteiger partial charge in [0.2, 0.25) is 5.91 Å². The highest BCUT2D eigenvalue weighted by atomic mass is 16.5. The summed E-state index contributed by atoms with van der Waals surface area (Å²) >= 11 is 0. The number of nitrogens with zero attached hydrogens (tertiary/aromatic N) is 3. The lowest BCUT2D eigenvalue weighted by molar-refractivity contribution is -0.131. The quantitative estimate of drug-likeness (QED) is 0.745. The number of hydrogen-bond acceptors (Lipinski definition) is 3. The molecule has 2 atom stereocenters. The molecule has 0 bridgehead atoms. The van der Waals surface area contributed by atoms with E-state index in [4.69, 9.17) is 4.74 Å². The van der Waals surface area contributed by atoms with Crippen molar-refractivity contribution in [3.63, 3.8) is 0 Å². The highest BCUT2D eigenvalue weighted by molar-refractivity contribution is 5.92. The van der Waals surface area contributed by atoms with Gasteiger partial charge in [0.15, 0.2) is 0 Å². The molecule has 1 aliphatic rings. The van der Waals surface area contributed by atoms with E-state index in [-0.39, 0.29) is 12.0 Å². The van der Waals surface area contributed by atoms with Crippen molar-refractivity contribution in [3.8, 4) is 0 Å². The van der Waals surface area contributed by atoms with Crippen LogP contribution in [0, 0.1) is 26.7 Å². The molecule has 1 saturated heterocycles. The molecule has 150 valence electrons. The Morgan fingerprint density at radius 2 is 2.04 bits per heavy atom. The molecule has 1 aromatic carbocycles. The van der Waals surface area contributed by atoms with Gasteiger partial charge in [0.05, 0.1) is 11.8 Å². The van der Waals surface area contributed by atoms with Crippen molar-refractivity contribution in [2.45, 2.75) is 39.7 Å². The normalized spacial score (nSPS) is 20.1. The van der Waals surface area contributed by atoms with Crippen LogP contribution >= 0.6 is 0 Å². The third-order valence-electron chi connectivity index (χ3n) is 6.01. The van der Waals surface area contributed by atoms with E-state index in [1.807, 2.05) is 36.6 Å². The van der Waals surface area contributed by atoms with Crippen LogP contribution in [0.25, 0.3) is 6.08 Å². The molecule has 0 aliphatic carbocycles. The van der Waals surface area contributed by atoms with E-state index in [2.05, 4.69) is 36.3 Å². The maximum absolute atomic E-state index is 12.7. The molecule has 5 nitrogen and oxygen atoms in total. The van der Waals surface area contributed by atoms with Gasteiger partial charge in [0.1, 0.15) is 0 Å². The van der Waals surface area contributed by atoms with E-state index in [1.165, 1.54) is 11.1 Å². The second-order valence-electron chi connectivity index (χ2n) is 7.78. The van der Waals surface area contributed by atoms with E-state index in [0.29, 0.717) is 12.5 Å². The molecular weight excluding hydrogens is 350 g/mol. The Morgan fingerprint density at radius 1 is 1.29 bits per heavy atom. The van der Waals surface area contributed by atoms with Crippen LogP contribution in [-0.2, 0) is 23.0 Å². The molecule has 0 unspecified atom stereocenters. The molecule has 5 heteroatoms. The van der Waals surface area contributed by atoms with Gasteiger partial charge in [-0.3, -0.25) is 9.48 Å². The maximum atomic E-state index is 12.7. The van der Waals surface area contributed by atoms with Crippen LogP contribution in [0.2, 0.25) is 0 Å². The summed E-state index contributed by atoms with van der Waals surface area (Å²) in [5.41, 5.74) is 5.72. The molecule has 0 N–H and O–H groups in total. The average molecular weight is 382 g/mol. The summed E-state index contributed by atoms with van der Waals surface area (Å²) in [6, 6.07) is 8.52. The van der Waals surface area contributed by atoms with Gasteiger partial charge in [0, 0.05) is 44.6 Å². The van der Waals surface area contributed by atoms with E-state index in [0.717, 1.165) is 36.3 Å². The lowest BCUT2D eigenvalue weighted by Crippen LogP contribution is -2.47. The van der Waals surface area contributed by atoms with Crippen molar-refractivity contribution in [1.82, 2.24) is 14.7 Å². The van der Waals surface area contributed by atoms with Gasteiger partial charge < -0.3 is 9.64 Å². The van der Waals surface area contributed by atoms with Crippen LogP contribution in [0.4, 0.5) is 0 Å². The number of carbonyl (C=O) groups excluding carboxylic acids is 1. The molecule has 1 amide bonds. The fraction of sp³-hybridized carbons (Fsp3) is 0.478. The molecule has 1 aliphatic heterocycles. The topological polar surface area (TPSA) is 47.4 Å². The second kappa shape index (κ2) is 8.74. The number of methoxy groups -OCH3 is 1. The zero-order valence-corrected chi connectivity index (χ0v) is 17.6. The predicted octanol–water partition coefficient (Wildman–Crippen LogP) is 3.46. The van der Waals surface area contributed by atoms with Crippen LogP contribution in [0.15, 0.2) is 30.3 Å². The number of benzene rings is 1. The molecule has 0 spiro atoms. The molecule has 3 rings (SSSR count). The summed E-state index contributed by atoms with van der Waals surface area (Å²) in [5, 5.41) is 4.40. The first kappa shape index (κ1) is 20.3. The Morgan fingerprint density at radius 3 is 2.68 bits per heavy atom. The number of amides is 1. The minimum Gasteiger partial charge on any atom is -0.379 e. The van der Waals surface area contributed by atoms with Gasteiger partial charge >= 0.3 is 0 Å². The van der Waals surface area contributed by atoms with Crippen LogP contribution in [0.3, 0.4) is 0 Å². The van der Waals surface area contributed by atoms with Gasteiger partial charge in [-0.25, -0.2) is 0 Å². The van der Waals surface area contributed by atoms with Crippen LogP contribution < -0.4 is 0 Å². The van der Waals surface area contributed by atoms with Gasteiger partial charge in [-0.2, -0.15) is 5.10 Å². The Bertz CT molecular complexity index is 869. The monoisotopic (exact) mass is 381 g/mol. The summed E-state index contributed by atoms with van der Waals surface area (Å²) in [5.74, 6) is 0.473. The minimum absolute atomic E-state index is 0.0408. The van der Waals surface area contributed by atoms with Crippen molar-refractivity contribution in [2.24, 2.45) is 13.0 Å². The largest absolute Gasteiger partial charge is 0.379 e. The zero-order valence-electron chi connectivity index (χ0n) is 17.6. The summed E-state index contributed by atoms with van der Waals surface area (Å²) in [6.07, 6.45) is 5.58. The van der Waals surface area contributed by atoms with E-state index in [9.17, 15) is 4.79 Å². The van der Waals surface area contributed by atoms with E-state index in [1.54, 1.807) is 13.2 Å². The van der Waals surface area contributed by atoms with Crippen LogP contribution in [0.5, 0.6) is 0 Å². The van der Waals surface area contributed by atoms with Gasteiger partial charge in [-0.15, -0.1) is 0 Å². The average Bonchev–Trinajstić information content (AvgIpc) is 2.93. The predicted molar refractivity (Wildman–Crippen MR) is 112 cm³/mol. The fourth-order valence-corrected chi connectivity index (χ4v) is 4.08. The van der Waals surface area contributed by atoms with Gasteiger partial charge in [-0.05, 0) is 56.7 Å². The summed E-state index contributed by atoms with van der Waals surface area (Å²) < 4.78 is 7.61. The third-order valence-corrected chi connectivity index (χ3v) is 6.01. The van der Waals surface area contributed by atoms with Crippen molar-refractivity contribution < 1.29 is 9.53 Å². The van der Waals surface area contributed by atoms with Crippen molar-refractivity contribution >= 4 is 12.0 Å². The number of carbonyl (C=O) groups is 1. The van der Waals surface area contributed by atoms with E-state index >= 15 is 0 Å². The first-order chi connectivity index (χ1) is 13.4. The first-order valence-electron chi connectivity index (χ1n) is 9.95. The number of aryl methyl sites for hydroxylation is 3. The van der Waals surface area contributed by atoms with Gasteiger partial charge in [0.25, 0.3) is 0 Å². The number of likely N-dealkylation sites (tertiary alicyclic amines) is 1. The molecule has 28 heavy (non-hydrogen) atoms. The molecule has 2 heterocycles. The summed E-state index contributed by atoms with van der Waals surface area (Å²) in [4.78, 5) is 14.6. The number of piperidine rings is 1. The van der Waals surface area contributed by atoms with Gasteiger partial charge in [-0.1, -0.05) is 24.3 Å². The third kappa shape index (κ3) is 4.36. The molecule has 1 fully saturated rings. The minimum atomic E-state index is 0.0408. The Balaban J connectivity index is 1.65. The van der Waals surface area contributed by atoms with Crippen LogP contribution in [0.1, 0.15) is 34.5 Å². The molecule has 0 saturated carbocycles. The highest BCUT2D eigenvalue weighted by Crippen LogP contribution is 2.26. The van der Waals surface area contributed by atoms with Crippen molar-refractivity contribution in [3.05, 3.63) is 58.4 Å². The summed E-state index contributed by atoms with van der Waals surface area (Å²) in [6.45, 7) is 7.55. The summed E-state index contributed by atoms with van der Waals surface area (Å²) in [7, 11) is 3.67. The number of rotatable bonds is 5. The lowest BCUT2D eigenvalue weighted by Gasteiger charge is -2.37. The number of ether oxygens (including phenoxy) is 1. The standard InChI is InChI=1S/C23H31N3O2/c1-16-8-6-7-9-19(16)14-20-12-13-26(15-22(20)28-5)23(27)11-10-21-17(2)24-25(4)18(21)3/h6-11,20,22H,12-15H2,1-5H3/b11-10+/t20-,22+/m1/s1. The molecule has 1 aromatic heterocycles. The second-order valence-corrected chi connectivity index (χ2v) is 7.78. The Kier molecular flexibility index (Phi) is 6.35. The number of aromatic nitrogens is 2. The van der Waals surface area contributed by atoms with Crippen molar-refractivity contribution in [2.75, 3.05) is 20.2 Å². The molecule has 2 aromatic rings. The Labute approximate surface area is 168 Å². The van der Waals surface area contributed by atoms with E-state index < -0.39 is 0 Å². The highest BCUT2D eigenvalue weighted by Gasteiger charge is 2.31. The number of hydrogen-bond donors (Lipinski definition) is 0. The smallest absolute Gasteiger partial charge is 0.246 e. The molecule has 0 radical (unpaired) electrons.